The molecule has 2 atom stereocenters. The number of carbonyl (C=O) groups is 3. The van der Waals surface area contributed by atoms with Crippen LogP contribution in [-0.4, -0.2) is 83.9 Å². The quantitative estimate of drug-likeness (QED) is 0.457. The first-order valence-electron chi connectivity index (χ1n) is 10.2. The standard InChI is InChI=1S/C19H34N4O6/c1-6-7-11-28-23-14-8-9-15(22(13-14)17(23)25)16(24)20-27-12-10-21(5)18(26)29-19(2,3)4/h14-15H,6-13H2,1-5H3,(H,20,24)/t14-,15-/m0/s1. The second kappa shape index (κ2) is 10.1. The summed E-state index contributed by atoms with van der Waals surface area (Å²) in [5.74, 6) is -0.368. The largest absolute Gasteiger partial charge is 0.444 e. The number of ether oxygens (including phenoxy) is 1. The third-order valence-electron chi connectivity index (χ3n) is 4.76. The van der Waals surface area contributed by atoms with Crippen LogP contribution in [0.1, 0.15) is 53.4 Å². The van der Waals surface area contributed by atoms with Gasteiger partial charge in [-0.25, -0.2) is 15.1 Å². The van der Waals surface area contributed by atoms with Crippen molar-refractivity contribution in [1.82, 2.24) is 20.3 Å². The summed E-state index contributed by atoms with van der Waals surface area (Å²) in [5, 5.41) is 1.42. The van der Waals surface area contributed by atoms with E-state index in [1.165, 1.54) is 14.9 Å². The highest BCUT2D eigenvalue weighted by molar-refractivity contribution is 5.88. The molecular weight excluding hydrogens is 380 g/mol. The summed E-state index contributed by atoms with van der Waals surface area (Å²) in [6, 6.07) is -0.859. The van der Waals surface area contributed by atoms with Crippen LogP contribution in [-0.2, 0) is 19.2 Å². The monoisotopic (exact) mass is 414 g/mol. The molecule has 0 spiro atoms. The van der Waals surface area contributed by atoms with Gasteiger partial charge < -0.3 is 14.5 Å². The van der Waals surface area contributed by atoms with Gasteiger partial charge in [-0.3, -0.25) is 14.5 Å². The van der Waals surface area contributed by atoms with Crippen molar-refractivity contribution in [2.24, 2.45) is 0 Å². The zero-order chi connectivity index (χ0) is 21.6. The molecule has 0 unspecified atom stereocenters. The van der Waals surface area contributed by atoms with Crippen LogP contribution in [0.2, 0.25) is 0 Å². The van der Waals surface area contributed by atoms with Gasteiger partial charge in [0, 0.05) is 20.1 Å². The average molecular weight is 415 g/mol. The first-order valence-corrected chi connectivity index (χ1v) is 10.2. The van der Waals surface area contributed by atoms with E-state index in [-0.39, 0.29) is 31.1 Å². The molecule has 29 heavy (non-hydrogen) atoms. The van der Waals surface area contributed by atoms with Crippen molar-refractivity contribution in [2.75, 3.05) is 33.4 Å². The minimum Gasteiger partial charge on any atom is -0.444 e. The van der Waals surface area contributed by atoms with E-state index < -0.39 is 17.7 Å². The molecule has 10 heteroatoms. The topological polar surface area (TPSA) is 101 Å². The molecule has 2 bridgehead atoms. The van der Waals surface area contributed by atoms with Crippen LogP contribution < -0.4 is 5.48 Å². The lowest BCUT2D eigenvalue weighted by Gasteiger charge is -2.29. The van der Waals surface area contributed by atoms with Crippen LogP contribution in [0, 0.1) is 0 Å². The van der Waals surface area contributed by atoms with Crippen LogP contribution in [0.3, 0.4) is 0 Å². The number of fused-ring (bicyclic) bond motifs is 2. The molecule has 2 aliphatic rings. The zero-order valence-corrected chi connectivity index (χ0v) is 18.1. The van der Waals surface area contributed by atoms with E-state index in [0.717, 1.165) is 12.8 Å². The van der Waals surface area contributed by atoms with Crippen molar-refractivity contribution in [3.05, 3.63) is 0 Å². The molecule has 0 aromatic rings. The van der Waals surface area contributed by atoms with E-state index in [2.05, 4.69) is 12.4 Å². The predicted octanol–water partition coefficient (Wildman–Crippen LogP) is 1.90. The van der Waals surface area contributed by atoms with Crippen LogP contribution in [0.25, 0.3) is 0 Å². The van der Waals surface area contributed by atoms with Gasteiger partial charge in [0.2, 0.25) is 0 Å². The Balaban J connectivity index is 1.73. The SMILES string of the molecule is CCCCON1C(=O)N2C[C@@H]1CC[C@H]2C(=O)NOCCN(C)C(=O)OC(C)(C)C. The van der Waals surface area contributed by atoms with Gasteiger partial charge in [0.15, 0.2) is 0 Å². The number of nitrogens with zero attached hydrogens (tertiary/aromatic N) is 3. The van der Waals surface area contributed by atoms with Gasteiger partial charge in [-0.05, 0) is 40.0 Å². The second-order valence-electron chi connectivity index (χ2n) is 8.41. The lowest BCUT2D eigenvalue weighted by atomic mass is 10.0. The lowest BCUT2D eigenvalue weighted by molar-refractivity contribution is -0.139. The molecule has 0 radical (unpaired) electrons. The fraction of sp³-hybridized carbons (Fsp3) is 0.842. The van der Waals surface area contributed by atoms with E-state index >= 15 is 0 Å². The van der Waals surface area contributed by atoms with Crippen LogP contribution in [0.15, 0.2) is 0 Å². The first kappa shape index (κ1) is 23.2. The summed E-state index contributed by atoms with van der Waals surface area (Å²) in [6.45, 7) is 8.77. The first-order chi connectivity index (χ1) is 13.6. The minimum absolute atomic E-state index is 0.00759. The van der Waals surface area contributed by atoms with Gasteiger partial charge in [0.1, 0.15) is 11.6 Å². The summed E-state index contributed by atoms with van der Waals surface area (Å²) in [7, 11) is 1.59. The van der Waals surface area contributed by atoms with Crippen molar-refractivity contribution in [3.63, 3.8) is 0 Å². The highest BCUT2D eigenvalue weighted by atomic mass is 16.7. The van der Waals surface area contributed by atoms with Crippen LogP contribution in [0.5, 0.6) is 0 Å². The van der Waals surface area contributed by atoms with Crippen LogP contribution >= 0.6 is 0 Å². The van der Waals surface area contributed by atoms with Crippen molar-refractivity contribution in [3.8, 4) is 0 Å². The van der Waals surface area contributed by atoms with Gasteiger partial charge in [-0.1, -0.05) is 13.3 Å². The molecule has 4 amide bonds. The Kier molecular flexibility index (Phi) is 8.09. The van der Waals surface area contributed by atoms with E-state index in [4.69, 9.17) is 14.4 Å². The number of carbonyl (C=O) groups excluding carboxylic acids is 3. The van der Waals surface area contributed by atoms with Crippen molar-refractivity contribution in [2.45, 2.75) is 71.1 Å². The molecule has 166 valence electrons. The fourth-order valence-electron chi connectivity index (χ4n) is 3.18. The Morgan fingerprint density at radius 3 is 2.62 bits per heavy atom. The molecule has 2 heterocycles. The molecule has 2 aliphatic heterocycles. The minimum atomic E-state index is -0.581. The van der Waals surface area contributed by atoms with Gasteiger partial charge >= 0.3 is 12.1 Å². The summed E-state index contributed by atoms with van der Waals surface area (Å²) in [5.41, 5.74) is 1.82. The molecule has 1 N–H and O–H groups in total. The smallest absolute Gasteiger partial charge is 0.410 e. The molecule has 0 aromatic heterocycles. The second-order valence-corrected chi connectivity index (χ2v) is 8.41. The maximum Gasteiger partial charge on any atom is 0.410 e. The Labute approximate surface area is 172 Å². The Bertz CT molecular complexity index is 594. The third kappa shape index (κ3) is 6.46. The summed E-state index contributed by atoms with van der Waals surface area (Å²) in [6.07, 6.45) is 2.66. The number of amides is 4. The van der Waals surface area contributed by atoms with Crippen molar-refractivity contribution < 1.29 is 28.8 Å². The van der Waals surface area contributed by atoms with E-state index in [0.29, 0.717) is 26.0 Å². The fourth-order valence-corrected chi connectivity index (χ4v) is 3.18. The Morgan fingerprint density at radius 2 is 1.97 bits per heavy atom. The van der Waals surface area contributed by atoms with Crippen molar-refractivity contribution in [1.29, 1.82) is 0 Å². The molecule has 0 aromatic carbocycles. The zero-order valence-electron chi connectivity index (χ0n) is 18.1. The molecule has 2 fully saturated rings. The highest BCUT2D eigenvalue weighted by Gasteiger charge is 2.47. The normalized spacial score (nSPS) is 21.3. The number of hydrogen-bond donors (Lipinski definition) is 1. The third-order valence-corrected chi connectivity index (χ3v) is 4.76. The number of hydroxylamine groups is 3. The average Bonchev–Trinajstić information content (AvgIpc) is 2.88. The number of hydrogen-bond acceptors (Lipinski definition) is 6. The number of likely N-dealkylation sites (N-methyl/N-ethyl adjacent to an activating group) is 1. The summed E-state index contributed by atoms with van der Waals surface area (Å²) in [4.78, 5) is 50.6. The van der Waals surface area contributed by atoms with E-state index in [9.17, 15) is 14.4 Å². The molecule has 0 aliphatic carbocycles. The maximum absolute atomic E-state index is 12.6. The number of piperidine rings is 1. The molecular formula is C19H34N4O6. The number of rotatable bonds is 9. The van der Waals surface area contributed by atoms with Gasteiger partial charge in [0.25, 0.3) is 5.91 Å². The van der Waals surface area contributed by atoms with Gasteiger partial charge in [-0.2, -0.15) is 5.06 Å². The van der Waals surface area contributed by atoms with Crippen molar-refractivity contribution >= 4 is 18.0 Å². The van der Waals surface area contributed by atoms with Crippen LogP contribution in [0.4, 0.5) is 9.59 Å². The van der Waals surface area contributed by atoms with Gasteiger partial charge in [-0.15, -0.1) is 0 Å². The lowest BCUT2D eigenvalue weighted by Crippen LogP contribution is -2.50. The predicted molar refractivity (Wildman–Crippen MR) is 105 cm³/mol. The van der Waals surface area contributed by atoms with E-state index in [1.807, 2.05) is 0 Å². The van der Waals surface area contributed by atoms with E-state index in [1.54, 1.807) is 27.8 Å². The maximum atomic E-state index is 12.6. The molecule has 0 saturated carbocycles. The highest BCUT2D eigenvalue weighted by Crippen LogP contribution is 2.30. The number of unbranched alkanes of at least 4 members (excludes halogenated alkanes) is 1. The number of urea groups is 1. The van der Waals surface area contributed by atoms with Gasteiger partial charge in [0.05, 0.1) is 19.3 Å². The molecule has 10 nitrogen and oxygen atoms in total. The Morgan fingerprint density at radius 1 is 1.24 bits per heavy atom. The summed E-state index contributed by atoms with van der Waals surface area (Å²) < 4.78 is 5.25. The summed E-state index contributed by atoms with van der Waals surface area (Å²) >= 11 is 0. The molecule has 2 saturated heterocycles. The number of nitrogens with one attached hydrogen (secondary N) is 1. The Hall–Kier alpha value is -2.07. The molecule has 2 rings (SSSR count).